The molecule has 0 bridgehead atoms. The van der Waals surface area contributed by atoms with E-state index in [1.807, 2.05) is 39.2 Å². The van der Waals surface area contributed by atoms with Crippen molar-refractivity contribution in [3.63, 3.8) is 0 Å². The van der Waals surface area contributed by atoms with E-state index < -0.39 is 11.7 Å². The first-order chi connectivity index (χ1) is 16.8. The number of carbonyl (C=O) groups excluding carboxylic acids is 1. The normalized spacial score (nSPS) is 18.4. The molecule has 3 aromatic heterocycles. The highest BCUT2D eigenvalue weighted by atomic mass is 16.6. The predicted molar refractivity (Wildman–Crippen MR) is 134 cm³/mol. The predicted octanol–water partition coefficient (Wildman–Crippen LogP) is 3.78. The van der Waals surface area contributed by atoms with Gasteiger partial charge in [0.15, 0.2) is 5.65 Å². The first kappa shape index (κ1) is 23.1. The number of amides is 1. The Morgan fingerprint density at radius 3 is 2.77 bits per heavy atom. The molecular weight excluding hydrogens is 446 g/mol. The molecule has 3 aromatic rings. The van der Waals surface area contributed by atoms with Crippen molar-refractivity contribution in [3.05, 3.63) is 48.6 Å². The van der Waals surface area contributed by atoms with E-state index in [-0.39, 0.29) is 6.04 Å². The molecule has 0 spiro atoms. The number of fused-ring (bicyclic) bond motifs is 1. The van der Waals surface area contributed by atoms with Crippen LogP contribution < -0.4 is 15.5 Å². The summed E-state index contributed by atoms with van der Waals surface area (Å²) < 4.78 is 12.6. The first-order valence-corrected chi connectivity index (χ1v) is 11.9. The number of hydrogen-bond acceptors (Lipinski definition) is 8. The fraction of sp³-hybridized carbons (Fsp3) is 0.440. The Hall–Kier alpha value is -3.66. The molecule has 0 radical (unpaired) electrons. The molecule has 10 heteroatoms. The number of morpholine rings is 1. The van der Waals surface area contributed by atoms with Crippen LogP contribution in [0.3, 0.4) is 0 Å². The van der Waals surface area contributed by atoms with E-state index in [9.17, 15) is 4.79 Å². The maximum atomic E-state index is 12.2. The van der Waals surface area contributed by atoms with E-state index in [1.54, 1.807) is 4.52 Å². The Morgan fingerprint density at radius 1 is 1.20 bits per heavy atom. The highest BCUT2D eigenvalue weighted by Gasteiger charge is 2.24. The molecule has 2 aliphatic rings. The van der Waals surface area contributed by atoms with E-state index in [0.717, 1.165) is 66.7 Å². The summed E-state index contributed by atoms with van der Waals surface area (Å²) in [6.45, 7) is 8.79. The van der Waals surface area contributed by atoms with Crippen LogP contribution in [0.25, 0.3) is 11.2 Å². The lowest BCUT2D eigenvalue weighted by molar-refractivity contribution is 0.0507. The molecule has 1 fully saturated rings. The number of nitrogens with zero attached hydrogens (tertiary/aromatic N) is 5. The lowest BCUT2D eigenvalue weighted by atomic mass is 10.1. The topological polar surface area (TPSA) is 106 Å². The van der Waals surface area contributed by atoms with Gasteiger partial charge >= 0.3 is 6.09 Å². The van der Waals surface area contributed by atoms with Crippen molar-refractivity contribution >= 4 is 34.5 Å². The maximum Gasteiger partial charge on any atom is 0.407 e. The van der Waals surface area contributed by atoms with Gasteiger partial charge in [0.05, 0.1) is 30.8 Å². The molecule has 184 valence electrons. The van der Waals surface area contributed by atoms with E-state index in [2.05, 4.69) is 48.8 Å². The third-order valence-electron chi connectivity index (χ3n) is 5.97. The number of ether oxygens (including phenoxy) is 2. The van der Waals surface area contributed by atoms with Crippen LogP contribution in [0.1, 0.15) is 39.2 Å². The molecule has 0 aromatic carbocycles. The van der Waals surface area contributed by atoms with Crippen LogP contribution in [0.5, 0.6) is 0 Å². The van der Waals surface area contributed by atoms with Gasteiger partial charge in [-0.3, -0.25) is 0 Å². The molecule has 1 aliphatic heterocycles. The summed E-state index contributed by atoms with van der Waals surface area (Å²) in [7, 11) is 0. The summed E-state index contributed by atoms with van der Waals surface area (Å²) in [4.78, 5) is 23.5. The van der Waals surface area contributed by atoms with Gasteiger partial charge in [0.1, 0.15) is 17.7 Å². The van der Waals surface area contributed by atoms with Gasteiger partial charge in [-0.1, -0.05) is 6.08 Å². The monoisotopic (exact) mass is 477 g/mol. The molecule has 1 unspecified atom stereocenters. The van der Waals surface area contributed by atoms with Crippen molar-refractivity contribution in [1.82, 2.24) is 24.9 Å². The molecule has 5 rings (SSSR count). The van der Waals surface area contributed by atoms with Crippen molar-refractivity contribution in [1.29, 1.82) is 0 Å². The van der Waals surface area contributed by atoms with Crippen molar-refractivity contribution in [3.8, 4) is 0 Å². The summed E-state index contributed by atoms with van der Waals surface area (Å²) in [6, 6.07) is 6.10. The zero-order valence-electron chi connectivity index (χ0n) is 20.3. The van der Waals surface area contributed by atoms with Crippen molar-refractivity contribution in [2.24, 2.45) is 0 Å². The van der Waals surface area contributed by atoms with Gasteiger partial charge in [-0.2, -0.15) is 5.10 Å². The summed E-state index contributed by atoms with van der Waals surface area (Å²) in [5.74, 6) is 0.730. The molecule has 35 heavy (non-hydrogen) atoms. The lowest BCUT2D eigenvalue weighted by Crippen LogP contribution is -2.38. The largest absolute Gasteiger partial charge is 0.444 e. The first-order valence-electron chi connectivity index (χ1n) is 11.9. The maximum absolute atomic E-state index is 12.2. The Morgan fingerprint density at radius 2 is 2.03 bits per heavy atom. The lowest BCUT2D eigenvalue weighted by Gasteiger charge is -2.28. The zero-order valence-corrected chi connectivity index (χ0v) is 20.3. The van der Waals surface area contributed by atoms with Crippen molar-refractivity contribution in [2.45, 2.75) is 45.3 Å². The molecule has 0 saturated carbocycles. The number of carbonyl (C=O) groups is 1. The standard InChI is InChI=1S/C25H31N7O3/c1-25(2,3)35-24(33)29-19-5-4-17(12-19)18-13-21(23-27-16-28-32(23)15-18)30-22-7-6-20(14-26-22)31-8-10-34-11-9-31/h4,6-7,13-16,19H,5,8-12H2,1-3H3,(H,26,30)(H,29,33). The van der Waals surface area contributed by atoms with Gasteiger partial charge in [-0.25, -0.2) is 19.3 Å². The van der Waals surface area contributed by atoms with Crippen LogP contribution in [0.4, 0.5) is 22.0 Å². The number of aromatic nitrogens is 4. The van der Waals surface area contributed by atoms with Crippen molar-refractivity contribution < 1.29 is 14.3 Å². The molecule has 1 atom stereocenters. The highest BCUT2D eigenvalue weighted by molar-refractivity contribution is 5.79. The Balaban J connectivity index is 1.30. The number of alkyl carbamates (subject to hydrolysis) is 1. The van der Waals surface area contributed by atoms with Gasteiger partial charge in [0.25, 0.3) is 0 Å². The minimum Gasteiger partial charge on any atom is -0.444 e. The van der Waals surface area contributed by atoms with E-state index >= 15 is 0 Å². The number of pyridine rings is 2. The number of anilines is 3. The van der Waals surface area contributed by atoms with Crippen molar-refractivity contribution in [2.75, 3.05) is 36.5 Å². The van der Waals surface area contributed by atoms with Gasteiger partial charge in [0, 0.05) is 25.3 Å². The van der Waals surface area contributed by atoms with Crippen LogP contribution in [0.2, 0.25) is 0 Å². The van der Waals surface area contributed by atoms with E-state index in [4.69, 9.17) is 9.47 Å². The minimum atomic E-state index is -0.522. The second-order valence-corrected chi connectivity index (χ2v) is 9.81. The fourth-order valence-electron chi connectivity index (χ4n) is 4.34. The fourth-order valence-corrected chi connectivity index (χ4v) is 4.34. The Bertz CT molecular complexity index is 1220. The van der Waals surface area contributed by atoms with Gasteiger partial charge in [-0.05, 0) is 62.9 Å². The highest BCUT2D eigenvalue weighted by Crippen LogP contribution is 2.32. The molecule has 1 saturated heterocycles. The molecule has 2 N–H and O–H groups in total. The van der Waals surface area contributed by atoms with Crippen LogP contribution in [0.15, 0.2) is 43.0 Å². The SMILES string of the molecule is CC(C)(C)OC(=O)NC1CC=C(c2cc(Nc3ccc(N4CCOCC4)cn3)c3ncnn3c2)C1. The quantitative estimate of drug-likeness (QED) is 0.572. The number of nitrogens with one attached hydrogen (secondary N) is 2. The average Bonchev–Trinajstić information content (AvgIpc) is 3.48. The van der Waals surface area contributed by atoms with Gasteiger partial charge in [-0.15, -0.1) is 0 Å². The Labute approximate surface area is 204 Å². The summed E-state index contributed by atoms with van der Waals surface area (Å²) in [5.41, 5.74) is 4.25. The Kier molecular flexibility index (Phi) is 6.29. The number of rotatable bonds is 5. The second-order valence-electron chi connectivity index (χ2n) is 9.81. The second kappa shape index (κ2) is 9.53. The summed E-state index contributed by atoms with van der Waals surface area (Å²) in [5, 5.41) is 10.7. The minimum absolute atomic E-state index is 0.00268. The molecule has 1 aliphatic carbocycles. The third-order valence-corrected chi connectivity index (χ3v) is 5.97. The van der Waals surface area contributed by atoms with E-state index in [1.165, 1.54) is 6.33 Å². The number of hydrogen-bond donors (Lipinski definition) is 2. The molecule has 4 heterocycles. The molecular formula is C25H31N7O3. The summed E-state index contributed by atoms with van der Waals surface area (Å²) in [6.07, 6.45) is 8.60. The van der Waals surface area contributed by atoms with Crippen LogP contribution in [0, 0.1) is 0 Å². The van der Waals surface area contributed by atoms with Gasteiger partial charge in [0.2, 0.25) is 0 Å². The average molecular weight is 478 g/mol. The summed E-state index contributed by atoms with van der Waals surface area (Å²) >= 11 is 0. The van der Waals surface area contributed by atoms with E-state index in [0.29, 0.717) is 6.42 Å². The van der Waals surface area contributed by atoms with Crippen LogP contribution in [-0.2, 0) is 9.47 Å². The smallest absolute Gasteiger partial charge is 0.407 e. The van der Waals surface area contributed by atoms with Crippen LogP contribution in [-0.4, -0.2) is 63.6 Å². The molecule has 10 nitrogen and oxygen atoms in total. The van der Waals surface area contributed by atoms with Crippen LogP contribution >= 0.6 is 0 Å². The third kappa shape index (κ3) is 5.54. The molecule has 1 amide bonds. The van der Waals surface area contributed by atoms with Gasteiger partial charge < -0.3 is 25.0 Å². The zero-order chi connectivity index (χ0) is 24.4.